The molecule has 0 spiro atoms. The highest BCUT2D eigenvalue weighted by molar-refractivity contribution is 6.00. The molecule has 2 atom stereocenters. The van der Waals surface area contributed by atoms with Gasteiger partial charge >= 0.3 is 0 Å². The van der Waals surface area contributed by atoms with E-state index < -0.39 is 0 Å². The van der Waals surface area contributed by atoms with Crippen molar-refractivity contribution in [3.05, 3.63) is 0 Å². The molecule has 3 aliphatic rings. The molecular formula is C13H20N2O2. The number of rotatable bonds is 5. The number of fused-ring (bicyclic) bond motifs is 2. The van der Waals surface area contributed by atoms with Crippen LogP contribution in [0.5, 0.6) is 0 Å². The van der Waals surface area contributed by atoms with Crippen LogP contribution in [0.2, 0.25) is 0 Å². The number of amides is 2. The van der Waals surface area contributed by atoms with Crippen molar-refractivity contribution in [2.45, 2.75) is 44.6 Å². The van der Waals surface area contributed by atoms with E-state index in [1.807, 2.05) is 0 Å². The third-order valence-electron chi connectivity index (χ3n) is 4.23. The van der Waals surface area contributed by atoms with E-state index in [0.717, 1.165) is 32.2 Å². The number of piperidine rings is 1. The van der Waals surface area contributed by atoms with Crippen LogP contribution in [0.15, 0.2) is 0 Å². The summed E-state index contributed by atoms with van der Waals surface area (Å²) in [7, 11) is 0. The molecule has 1 N–H and O–H groups in total. The summed E-state index contributed by atoms with van der Waals surface area (Å²) in [6.07, 6.45) is 6.12. The lowest BCUT2D eigenvalue weighted by atomic mass is 9.97. The van der Waals surface area contributed by atoms with Gasteiger partial charge in [-0.1, -0.05) is 0 Å². The highest BCUT2D eigenvalue weighted by atomic mass is 16.2. The van der Waals surface area contributed by atoms with Crippen molar-refractivity contribution < 1.29 is 9.59 Å². The zero-order valence-electron chi connectivity index (χ0n) is 10.2. The van der Waals surface area contributed by atoms with Crippen molar-refractivity contribution in [3.63, 3.8) is 0 Å². The Morgan fingerprint density at radius 2 is 1.71 bits per heavy atom. The van der Waals surface area contributed by atoms with E-state index in [-0.39, 0.29) is 23.7 Å². The molecule has 4 nitrogen and oxygen atoms in total. The Kier molecular flexibility index (Phi) is 2.90. The molecule has 0 radical (unpaired) electrons. The van der Waals surface area contributed by atoms with Crippen LogP contribution in [0, 0.1) is 11.8 Å². The number of carbonyl (C=O) groups is 2. The van der Waals surface area contributed by atoms with Gasteiger partial charge in [0.15, 0.2) is 0 Å². The minimum atomic E-state index is 0.0928. The second-order valence-electron chi connectivity index (χ2n) is 5.62. The summed E-state index contributed by atoms with van der Waals surface area (Å²) in [5, 5.41) is 3.41. The molecule has 4 heteroatoms. The van der Waals surface area contributed by atoms with Crippen LogP contribution >= 0.6 is 0 Å². The van der Waals surface area contributed by atoms with E-state index in [4.69, 9.17) is 0 Å². The predicted molar refractivity (Wildman–Crippen MR) is 63.2 cm³/mol. The SMILES string of the molecule is O=C1C2CCC(C2)C(=O)N1CCCNC1CC1. The Hall–Kier alpha value is -0.900. The van der Waals surface area contributed by atoms with Gasteiger partial charge in [-0.2, -0.15) is 0 Å². The van der Waals surface area contributed by atoms with Crippen LogP contribution in [0.3, 0.4) is 0 Å². The minimum Gasteiger partial charge on any atom is -0.314 e. The summed E-state index contributed by atoms with van der Waals surface area (Å²) >= 11 is 0. The van der Waals surface area contributed by atoms with Crippen LogP contribution in [0.1, 0.15) is 38.5 Å². The number of nitrogens with zero attached hydrogens (tertiary/aromatic N) is 1. The zero-order chi connectivity index (χ0) is 11.8. The van der Waals surface area contributed by atoms with E-state index in [0.29, 0.717) is 12.6 Å². The van der Waals surface area contributed by atoms with Crippen molar-refractivity contribution in [1.82, 2.24) is 10.2 Å². The predicted octanol–water partition coefficient (Wildman–Crippen LogP) is 0.914. The zero-order valence-corrected chi connectivity index (χ0v) is 10.2. The molecule has 2 saturated carbocycles. The fourth-order valence-electron chi connectivity index (χ4n) is 3.03. The number of hydrogen-bond acceptors (Lipinski definition) is 3. The quantitative estimate of drug-likeness (QED) is 0.570. The van der Waals surface area contributed by atoms with E-state index in [2.05, 4.69) is 5.32 Å². The van der Waals surface area contributed by atoms with Crippen LogP contribution in [-0.4, -0.2) is 35.8 Å². The van der Waals surface area contributed by atoms with E-state index >= 15 is 0 Å². The number of carbonyl (C=O) groups excluding carboxylic acids is 2. The second-order valence-corrected chi connectivity index (χ2v) is 5.62. The van der Waals surface area contributed by atoms with E-state index in [1.54, 1.807) is 0 Å². The number of likely N-dealkylation sites (tertiary alicyclic amines) is 1. The highest BCUT2D eigenvalue weighted by Crippen LogP contribution is 2.38. The van der Waals surface area contributed by atoms with Crippen molar-refractivity contribution in [3.8, 4) is 0 Å². The monoisotopic (exact) mass is 236 g/mol. The fourth-order valence-corrected chi connectivity index (χ4v) is 3.03. The molecule has 2 aliphatic carbocycles. The highest BCUT2D eigenvalue weighted by Gasteiger charge is 2.44. The van der Waals surface area contributed by atoms with Gasteiger partial charge in [-0.25, -0.2) is 0 Å². The van der Waals surface area contributed by atoms with Gasteiger partial charge in [0.1, 0.15) is 0 Å². The third kappa shape index (κ3) is 2.23. The maximum atomic E-state index is 12.0. The van der Waals surface area contributed by atoms with Gasteiger partial charge in [0.05, 0.1) is 0 Å². The topological polar surface area (TPSA) is 49.4 Å². The summed E-state index contributed by atoms with van der Waals surface area (Å²) < 4.78 is 0. The molecule has 0 aromatic heterocycles. The summed E-state index contributed by atoms with van der Waals surface area (Å²) in [5.74, 6) is 0.480. The van der Waals surface area contributed by atoms with Crippen molar-refractivity contribution in [2.24, 2.45) is 11.8 Å². The third-order valence-corrected chi connectivity index (χ3v) is 4.23. The number of nitrogens with one attached hydrogen (secondary N) is 1. The largest absolute Gasteiger partial charge is 0.314 e. The first kappa shape index (κ1) is 11.2. The lowest BCUT2D eigenvalue weighted by molar-refractivity contribution is -0.152. The van der Waals surface area contributed by atoms with Crippen LogP contribution in [-0.2, 0) is 9.59 Å². The lowest BCUT2D eigenvalue weighted by Gasteiger charge is -2.29. The molecule has 1 aliphatic heterocycles. The van der Waals surface area contributed by atoms with Crippen LogP contribution in [0.25, 0.3) is 0 Å². The molecule has 0 aromatic carbocycles. The fraction of sp³-hybridized carbons (Fsp3) is 0.846. The molecule has 17 heavy (non-hydrogen) atoms. The van der Waals surface area contributed by atoms with Gasteiger partial charge in [-0.05, 0) is 45.1 Å². The molecule has 2 bridgehead atoms. The molecule has 2 unspecified atom stereocenters. The molecule has 3 fully saturated rings. The average molecular weight is 236 g/mol. The van der Waals surface area contributed by atoms with Gasteiger partial charge in [0.2, 0.25) is 11.8 Å². The Labute approximate surface area is 102 Å². The molecule has 3 rings (SSSR count). The Bertz CT molecular complexity index is 316. The molecule has 0 aromatic rings. The molecule has 2 amide bonds. The Morgan fingerprint density at radius 3 is 2.29 bits per heavy atom. The molecule has 94 valence electrons. The van der Waals surface area contributed by atoms with Crippen molar-refractivity contribution in [2.75, 3.05) is 13.1 Å². The minimum absolute atomic E-state index is 0.0928. The first-order chi connectivity index (χ1) is 8.25. The first-order valence-electron chi connectivity index (χ1n) is 6.84. The van der Waals surface area contributed by atoms with Crippen molar-refractivity contribution in [1.29, 1.82) is 0 Å². The Morgan fingerprint density at radius 1 is 1.06 bits per heavy atom. The van der Waals surface area contributed by atoms with Crippen molar-refractivity contribution >= 4 is 11.8 Å². The average Bonchev–Trinajstić information content (AvgIpc) is 3.03. The standard InChI is InChI=1S/C13H20N2O2/c16-12-9-2-3-10(8-9)13(17)15(12)7-1-6-14-11-4-5-11/h9-11,14H,1-8H2. The van der Waals surface area contributed by atoms with Gasteiger partial charge in [0, 0.05) is 24.4 Å². The van der Waals surface area contributed by atoms with Crippen LogP contribution in [0.4, 0.5) is 0 Å². The normalized spacial score (nSPS) is 32.4. The molecule has 1 saturated heterocycles. The lowest BCUT2D eigenvalue weighted by Crippen LogP contribution is -2.47. The van der Waals surface area contributed by atoms with Gasteiger partial charge in [-0.3, -0.25) is 14.5 Å². The van der Waals surface area contributed by atoms with Gasteiger partial charge in [-0.15, -0.1) is 0 Å². The van der Waals surface area contributed by atoms with E-state index in [9.17, 15) is 9.59 Å². The van der Waals surface area contributed by atoms with Crippen LogP contribution < -0.4 is 5.32 Å². The summed E-state index contributed by atoms with van der Waals surface area (Å²) in [5.41, 5.74) is 0. The first-order valence-corrected chi connectivity index (χ1v) is 6.84. The molecular weight excluding hydrogens is 216 g/mol. The van der Waals surface area contributed by atoms with E-state index in [1.165, 1.54) is 17.7 Å². The smallest absolute Gasteiger partial charge is 0.232 e. The summed E-state index contributed by atoms with van der Waals surface area (Å²) in [6, 6.07) is 0.707. The second kappa shape index (κ2) is 4.41. The van der Waals surface area contributed by atoms with Gasteiger partial charge < -0.3 is 5.32 Å². The Balaban J connectivity index is 1.50. The number of hydrogen-bond donors (Lipinski definition) is 1. The molecule has 1 heterocycles. The number of imide groups is 1. The maximum absolute atomic E-state index is 12.0. The van der Waals surface area contributed by atoms with Gasteiger partial charge in [0.25, 0.3) is 0 Å². The summed E-state index contributed by atoms with van der Waals surface area (Å²) in [6.45, 7) is 1.54. The summed E-state index contributed by atoms with van der Waals surface area (Å²) in [4.78, 5) is 25.6. The maximum Gasteiger partial charge on any atom is 0.232 e.